The molecule has 6 rings (SSSR count). The normalized spacial score (nSPS) is 14.1. The molecule has 1 saturated carbocycles. The summed E-state index contributed by atoms with van der Waals surface area (Å²) in [5.41, 5.74) is 6.75. The molecular formula is C36H34N2O3. The van der Waals surface area contributed by atoms with E-state index in [9.17, 15) is 9.59 Å². The van der Waals surface area contributed by atoms with Crippen molar-refractivity contribution in [2.75, 3.05) is 0 Å². The third-order valence-electron chi connectivity index (χ3n) is 8.37. The van der Waals surface area contributed by atoms with Gasteiger partial charge in [0.1, 0.15) is 0 Å². The summed E-state index contributed by atoms with van der Waals surface area (Å²) < 4.78 is 2.28. The number of carbonyl (C=O) groups excluding carboxylic acids is 2. The van der Waals surface area contributed by atoms with Crippen LogP contribution in [-0.2, 0) is 11.4 Å². The van der Waals surface area contributed by atoms with Gasteiger partial charge in [-0.3, -0.25) is 4.79 Å². The SMILES string of the molecule is CCn1c2ccc(C(=O)c3ccccc3C)cc2c2cc(/C(CC3CCCC3)=N\OC(=O)c3ccccc3)ccc21. The second kappa shape index (κ2) is 11.5. The molecule has 0 saturated heterocycles. The van der Waals surface area contributed by atoms with Crippen molar-refractivity contribution in [3.05, 3.63) is 119 Å². The predicted molar refractivity (Wildman–Crippen MR) is 165 cm³/mol. The number of aryl methyl sites for hydroxylation is 2. The quantitative estimate of drug-likeness (QED) is 0.0855. The molecule has 5 nitrogen and oxygen atoms in total. The molecule has 41 heavy (non-hydrogen) atoms. The molecule has 0 radical (unpaired) electrons. The molecular weight excluding hydrogens is 508 g/mol. The number of carbonyl (C=O) groups is 2. The molecule has 0 bridgehead atoms. The van der Waals surface area contributed by atoms with Crippen LogP contribution >= 0.6 is 0 Å². The van der Waals surface area contributed by atoms with Gasteiger partial charge in [0.15, 0.2) is 5.78 Å². The Balaban J connectivity index is 1.43. The first-order valence-corrected chi connectivity index (χ1v) is 14.5. The summed E-state index contributed by atoms with van der Waals surface area (Å²) >= 11 is 0. The Labute approximate surface area is 240 Å². The van der Waals surface area contributed by atoms with Crippen LogP contribution in [0.4, 0.5) is 0 Å². The highest BCUT2D eigenvalue weighted by molar-refractivity contribution is 6.16. The highest BCUT2D eigenvalue weighted by atomic mass is 16.7. The van der Waals surface area contributed by atoms with Crippen LogP contribution in [0.5, 0.6) is 0 Å². The average molecular weight is 543 g/mol. The van der Waals surface area contributed by atoms with E-state index < -0.39 is 5.97 Å². The maximum absolute atomic E-state index is 13.5. The first kappa shape index (κ1) is 26.7. The van der Waals surface area contributed by atoms with E-state index in [1.165, 1.54) is 12.8 Å². The average Bonchev–Trinajstić information content (AvgIpc) is 3.64. The topological polar surface area (TPSA) is 60.7 Å². The Bertz CT molecular complexity index is 1780. The maximum atomic E-state index is 13.5. The van der Waals surface area contributed by atoms with Crippen LogP contribution in [0, 0.1) is 12.8 Å². The molecule has 1 aliphatic rings. The fourth-order valence-electron chi connectivity index (χ4n) is 6.17. The summed E-state index contributed by atoms with van der Waals surface area (Å²) in [7, 11) is 0. The number of ketones is 1. The van der Waals surface area contributed by atoms with Crippen molar-refractivity contribution in [3.8, 4) is 0 Å². The summed E-state index contributed by atoms with van der Waals surface area (Å²) in [5, 5.41) is 6.54. The van der Waals surface area contributed by atoms with Crippen LogP contribution in [0.3, 0.4) is 0 Å². The number of benzene rings is 4. The van der Waals surface area contributed by atoms with Gasteiger partial charge in [0, 0.05) is 45.0 Å². The molecule has 5 heteroatoms. The standard InChI is InChI=1S/C36H34N2O3/c1-3-38-33-19-17-27(32(21-25-12-8-9-13-25)37-41-36(40)26-14-5-4-6-15-26)22-30(33)31-23-28(18-20-34(31)38)35(39)29-16-10-7-11-24(29)2/h4-7,10-11,14-20,22-23,25H,3,8-9,12-13,21H2,1-2H3/b37-32-. The number of hydrogen-bond donors (Lipinski definition) is 0. The summed E-state index contributed by atoms with van der Waals surface area (Å²) in [6, 6.07) is 29.0. The van der Waals surface area contributed by atoms with Crippen LogP contribution in [0.25, 0.3) is 21.8 Å². The van der Waals surface area contributed by atoms with E-state index in [-0.39, 0.29) is 5.78 Å². The molecule has 0 spiro atoms. The largest absolute Gasteiger partial charge is 0.365 e. The van der Waals surface area contributed by atoms with Gasteiger partial charge >= 0.3 is 5.97 Å². The molecule has 5 aromatic rings. The second-order valence-corrected chi connectivity index (χ2v) is 11.0. The lowest BCUT2D eigenvalue weighted by molar-refractivity contribution is 0.0515. The van der Waals surface area contributed by atoms with E-state index in [0.29, 0.717) is 17.0 Å². The van der Waals surface area contributed by atoms with E-state index in [2.05, 4.69) is 40.9 Å². The highest BCUT2D eigenvalue weighted by Crippen LogP contribution is 2.34. The number of hydrogen-bond acceptors (Lipinski definition) is 4. The van der Waals surface area contributed by atoms with Gasteiger partial charge in [-0.1, -0.05) is 79.4 Å². The lowest BCUT2D eigenvalue weighted by Gasteiger charge is -2.12. The number of nitrogens with zero attached hydrogens (tertiary/aromatic N) is 2. The van der Waals surface area contributed by atoms with E-state index in [1.54, 1.807) is 12.1 Å². The Hall–Kier alpha value is -4.51. The minimum Gasteiger partial charge on any atom is -0.341 e. The number of oxime groups is 1. The number of fused-ring (bicyclic) bond motifs is 3. The zero-order chi connectivity index (χ0) is 28.3. The molecule has 0 amide bonds. The van der Waals surface area contributed by atoms with Crippen molar-refractivity contribution in [1.82, 2.24) is 4.57 Å². The third kappa shape index (κ3) is 5.32. The first-order chi connectivity index (χ1) is 20.0. The van der Waals surface area contributed by atoms with Crippen LogP contribution in [0.15, 0.2) is 96.2 Å². The van der Waals surface area contributed by atoms with Crippen LogP contribution < -0.4 is 0 Å². The van der Waals surface area contributed by atoms with Crippen LogP contribution in [0.2, 0.25) is 0 Å². The van der Waals surface area contributed by atoms with Gasteiger partial charge in [-0.15, -0.1) is 0 Å². The zero-order valence-corrected chi connectivity index (χ0v) is 23.6. The van der Waals surface area contributed by atoms with Crippen LogP contribution in [0.1, 0.15) is 76.4 Å². The van der Waals surface area contributed by atoms with E-state index in [4.69, 9.17) is 4.84 Å². The predicted octanol–water partition coefficient (Wildman–Crippen LogP) is 8.50. The smallest absolute Gasteiger partial charge is 0.341 e. The number of aromatic nitrogens is 1. The summed E-state index contributed by atoms with van der Waals surface area (Å²) in [6.07, 6.45) is 5.53. The van der Waals surface area contributed by atoms with Crippen molar-refractivity contribution in [3.63, 3.8) is 0 Å². The van der Waals surface area contributed by atoms with E-state index in [1.807, 2.05) is 61.5 Å². The molecule has 1 heterocycles. The highest BCUT2D eigenvalue weighted by Gasteiger charge is 2.21. The Morgan fingerprint density at radius 2 is 1.44 bits per heavy atom. The number of rotatable bonds is 8. The van der Waals surface area contributed by atoms with Crippen molar-refractivity contribution in [2.24, 2.45) is 11.1 Å². The molecule has 0 atom stereocenters. The van der Waals surface area contributed by atoms with Gasteiger partial charge in [-0.05, 0) is 74.2 Å². The monoisotopic (exact) mass is 542 g/mol. The van der Waals surface area contributed by atoms with Crippen molar-refractivity contribution in [2.45, 2.75) is 52.5 Å². The molecule has 1 aromatic heterocycles. The Kier molecular flexibility index (Phi) is 7.51. The molecule has 4 aromatic carbocycles. The fraction of sp³-hybridized carbons (Fsp3) is 0.250. The van der Waals surface area contributed by atoms with Crippen molar-refractivity contribution < 1.29 is 14.4 Å². The van der Waals surface area contributed by atoms with Crippen molar-refractivity contribution in [1.29, 1.82) is 0 Å². The van der Waals surface area contributed by atoms with Gasteiger partial charge in [-0.25, -0.2) is 4.79 Å². The van der Waals surface area contributed by atoms with Crippen molar-refractivity contribution >= 4 is 39.3 Å². The second-order valence-electron chi connectivity index (χ2n) is 11.0. The maximum Gasteiger partial charge on any atom is 0.365 e. The van der Waals surface area contributed by atoms with Crippen LogP contribution in [-0.4, -0.2) is 22.0 Å². The summed E-state index contributed by atoms with van der Waals surface area (Å²) in [4.78, 5) is 31.7. The molecule has 1 aliphatic carbocycles. The molecule has 0 unspecified atom stereocenters. The minimum atomic E-state index is -0.461. The molecule has 0 aliphatic heterocycles. The molecule has 0 N–H and O–H groups in total. The molecule has 206 valence electrons. The van der Waals surface area contributed by atoms with Gasteiger partial charge in [0.2, 0.25) is 0 Å². The molecule has 1 fully saturated rings. The lowest BCUT2D eigenvalue weighted by atomic mass is 9.95. The van der Waals surface area contributed by atoms with E-state index in [0.717, 1.165) is 70.0 Å². The van der Waals surface area contributed by atoms with Gasteiger partial charge in [0.25, 0.3) is 0 Å². The Morgan fingerprint density at radius 1 is 0.805 bits per heavy atom. The Morgan fingerprint density at radius 3 is 2.12 bits per heavy atom. The van der Waals surface area contributed by atoms with Gasteiger partial charge in [0.05, 0.1) is 11.3 Å². The third-order valence-corrected chi connectivity index (χ3v) is 8.37. The van der Waals surface area contributed by atoms with E-state index >= 15 is 0 Å². The van der Waals surface area contributed by atoms with Gasteiger partial charge in [-0.2, -0.15) is 0 Å². The van der Waals surface area contributed by atoms with Gasteiger partial charge < -0.3 is 9.40 Å². The minimum absolute atomic E-state index is 0.0230. The summed E-state index contributed by atoms with van der Waals surface area (Å²) in [5.74, 6) is 0.0857. The fourth-order valence-corrected chi connectivity index (χ4v) is 6.17. The first-order valence-electron chi connectivity index (χ1n) is 14.5. The summed E-state index contributed by atoms with van der Waals surface area (Å²) in [6.45, 7) is 4.91. The zero-order valence-electron chi connectivity index (χ0n) is 23.6. The lowest BCUT2D eigenvalue weighted by Crippen LogP contribution is -2.10.